The van der Waals surface area contributed by atoms with E-state index in [4.69, 9.17) is 4.84 Å². The summed E-state index contributed by atoms with van der Waals surface area (Å²) in [5.41, 5.74) is 1.13. The lowest BCUT2D eigenvalue weighted by Crippen LogP contribution is -2.27. The van der Waals surface area contributed by atoms with Gasteiger partial charge in [0.25, 0.3) is 5.91 Å². The van der Waals surface area contributed by atoms with Gasteiger partial charge in [-0.05, 0) is 31.0 Å². The third-order valence-corrected chi connectivity index (χ3v) is 2.41. The number of hydrogen-bond acceptors (Lipinski definition) is 2. The molecule has 0 N–H and O–H groups in total. The Balaban J connectivity index is 2.27. The second-order valence-corrected chi connectivity index (χ2v) is 3.55. The zero-order chi connectivity index (χ0) is 10.8. The third kappa shape index (κ3) is 1.99. The molecule has 0 atom stereocenters. The van der Waals surface area contributed by atoms with Gasteiger partial charge in [0.1, 0.15) is 5.82 Å². The summed E-state index contributed by atoms with van der Waals surface area (Å²) in [6.07, 6.45) is 0.833. The van der Waals surface area contributed by atoms with Crippen LogP contribution in [-0.2, 0) is 4.84 Å². The molecule has 0 radical (unpaired) electrons. The minimum absolute atomic E-state index is 0.260. The maximum absolute atomic E-state index is 13.0. The summed E-state index contributed by atoms with van der Waals surface area (Å²) in [6, 6.07) is 4.19. The summed E-state index contributed by atoms with van der Waals surface area (Å²) in [4.78, 5) is 17.0. The molecule has 4 heteroatoms. The van der Waals surface area contributed by atoms with Crippen LogP contribution in [0.15, 0.2) is 18.2 Å². The van der Waals surface area contributed by atoms with Gasteiger partial charge in [-0.2, -0.15) is 0 Å². The largest absolute Gasteiger partial charge is 0.277 e. The van der Waals surface area contributed by atoms with Gasteiger partial charge in [-0.15, -0.1) is 0 Å². The van der Waals surface area contributed by atoms with E-state index in [9.17, 15) is 9.18 Å². The van der Waals surface area contributed by atoms with Gasteiger partial charge in [0.2, 0.25) is 0 Å². The van der Waals surface area contributed by atoms with Crippen LogP contribution in [0.25, 0.3) is 0 Å². The van der Waals surface area contributed by atoms with Crippen LogP contribution >= 0.6 is 0 Å². The van der Waals surface area contributed by atoms with Crippen LogP contribution in [0.3, 0.4) is 0 Å². The molecule has 0 unspecified atom stereocenters. The molecule has 1 saturated heterocycles. The van der Waals surface area contributed by atoms with Crippen LogP contribution in [-0.4, -0.2) is 24.1 Å². The molecule has 1 aliphatic rings. The fourth-order valence-corrected chi connectivity index (χ4v) is 1.57. The molecule has 15 heavy (non-hydrogen) atoms. The Morgan fingerprint density at radius 2 is 2.33 bits per heavy atom. The van der Waals surface area contributed by atoms with Crippen molar-refractivity contribution in [1.82, 2.24) is 5.06 Å². The molecule has 2 rings (SSSR count). The van der Waals surface area contributed by atoms with Gasteiger partial charge in [-0.1, -0.05) is 6.07 Å². The van der Waals surface area contributed by atoms with Crippen molar-refractivity contribution in [2.24, 2.45) is 0 Å². The number of hydrogen-bond donors (Lipinski definition) is 0. The van der Waals surface area contributed by atoms with E-state index in [1.165, 1.54) is 17.2 Å². The summed E-state index contributed by atoms with van der Waals surface area (Å²) in [5, 5.41) is 1.29. The zero-order valence-electron chi connectivity index (χ0n) is 8.50. The number of nitrogens with zero attached hydrogens (tertiary/aromatic N) is 1. The Bertz CT molecular complexity index is 386. The van der Waals surface area contributed by atoms with Crippen LogP contribution in [0.4, 0.5) is 4.39 Å². The smallest absolute Gasteiger partial charge is 0.271 e. The molecular formula is C11H12FNO2. The van der Waals surface area contributed by atoms with Crippen LogP contribution in [0, 0.1) is 12.7 Å². The number of carbonyl (C=O) groups is 1. The molecule has 1 aliphatic heterocycles. The van der Waals surface area contributed by atoms with Crippen molar-refractivity contribution >= 4 is 5.91 Å². The Kier molecular flexibility index (Phi) is 2.68. The van der Waals surface area contributed by atoms with Crippen molar-refractivity contribution in [3.8, 4) is 0 Å². The van der Waals surface area contributed by atoms with Gasteiger partial charge in [0.05, 0.1) is 13.2 Å². The number of rotatable bonds is 1. The summed E-state index contributed by atoms with van der Waals surface area (Å²) in [6.45, 7) is 2.91. The molecule has 80 valence electrons. The molecule has 0 spiro atoms. The second-order valence-electron chi connectivity index (χ2n) is 3.55. The lowest BCUT2D eigenvalue weighted by atomic mass is 10.1. The fraction of sp³-hybridized carbons (Fsp3) is 0.364. The van der Waals surface area contributed by atoms with Crippen molar-refractivity contribution in [2.45, 2.75) is 13.3 Å². The topological polar surface area (TPSA) is 29.5 Å². The Hall–Kier alpha value is -1.42. The second kappa shape index (κ2) is 3.98. The molecule has 0 saturated carbocycles. The minimum Gasteiger partial charge on any atom is -0.271 e. The van der Waals surface area contributed by atoms with Crippen molar-refractivity contribution < 1.29 is 14.0 Å². The van der Waals surface area contributed by atoms with Crippen LogP contribution in [0.5, 0.6) is 0 Å². The standard InChI is InChI=1S/C11H12FNO2/c1-8-3-4-9(12)7-10(8)11(14)13-5-2-6-15-13/h3-4,7H,2,5-6H2,1H3. The molecule has 1 aromatic carbocycles. The first-order chi connectivity index (χ1) is 7.18. The van der Waals surface area contributed by atoms with Crippen LogP contribution in [0.1, 0.15) is 22.3 Å². The number of amides is 1. The predicted molar refractivity (Wildman–Crippen MR) is 52.7 cm³/mol. The fourth-order valence-electron chi connectivity index (χ4n) is 1.57. The molecule has 3 nitrogen and oxygen atoms in total. The lowest BCUT2D eigenvalue weighted by Gasteiger charge is -2.15. The van der Waals surface area contributed by atoms with E-state index in [2.05, 4.69) is 0 Å². The molecule has 1 heterocycles. The predicted octanol–water partition coefficient (Wildman–Crippen LogP) is 1.91. The van der Waals surface area contributed by atoms with Gasteiger partial charge in [0.15, 0.2) is 0 Å². The molecule has 1 aromatic rings. The number of aryl methyl sites for hydroxylation is 1. The zero-order valence-corrected chi connectivity index (χ0v) is 8.50. The van der Waals surface area contributed by atoms with Gasteiger partial charge < -0.3 is 0 Å². The average Bonchev–Trinajstić information content (AvgIpc) is 2.74. The Morgan fingerprint density at radius 1 is 1.53 bits per heavy atom. The van der Waals surface area contributed by atoms with E-state index in [-0.39, 0.29) is 5.91 Å². The van der Waals surface area contributed by atoms with Gasteiger partial charge >= 0.3 is 0 Å². The molecule has 1 fully saturated rings. The van der Waals surface area contributed by atoms with Gasteiger partial charge in [-0.25, -0.2) is 9.45 Å². The maximum atomic E-state index is 13.0. The van der Waals surface area contributed by atoms with Crippen molar-refractivity contribution in [3.05, 3.63) is 35.1 Å². The van der Waals surface area contributed by atoms with Gasteiger partial charge in [-0.3, -0.25) is 9.63 Å². The highest BCUT2D eigenvalue weighted by atomic mass is 19.1. The SMILES string of the molecule is Cc1ccc(F)cc1C(=O)N1CCCO1. The number of hydroxylamine groups is 2. The molecule has 0 bridgehead atoms. The molecular weight excluding hydrogens is 197 g/mol. The summed E-state index contributed by atoms with van der Waals surface area (Å²) in [5.74, 6) is -0.660. The lowest BCUT2D eigenvalue weighted by molar-refractivity contribution is -0.0769. The first-order valence-corrected chi connectivity index (χ1v) is 4.89. The average molecular weight is 209 g/mol. The minimum atomic E-state index is -0.400. The highest BCUT2D eigenvalue weighted by Gasteiger charge is 2.22. The summed E-state index contributed by atoms with van der Waals surface area (Å²) >= 11 is 0. The van der Waals surface area contributed by atoms with E-state index < -0.39 is 5.82 Å². The first-order valence-electron chi connectivity index (χ1n) is 4.89. The normalized spacial score (nSPS) is 15.7. The third-order valence-electron chi connectivity index (χ3n) is 2.41. The van der Waals surface area contributed by atoms with E-state index in [1.807, 2.05) is 0 Å². The highest BCUT2D eigenvalue weighted by Crippen LogP contribution is 2.15. The first kappa shape index (κ1) is 10.1. The summed E-state index contributed by atoms with van der Waals surface area (Å²) in [7, 11) is 0. The Labute approximate surface area is 87.4 Å². The maximum Gasteiger partial charge on any atom is 0.277 e. The molecule has 0 aromatic heterocycles. The van der Waals surface area contributed by atoms with Crippen molar-refractivity contribution in [3.63, 3.8) is 0 Å². The van der Waals surface area contributed by atoms with Crippen LogP contribution < -0.4 is 0 Å². The van der Waals surface area contributed by atoms with E-state index in [0.717, 1.165) is 12.0 Å². The monoisotopic (exact) mass is 209 g/mol. The number of carbonyl (C=O) groups excluding carboxylic acids is 1. The van der Waals surface area contributed by atoms with Gasteiger partial charge in [0, 0.05) is 5.56 Å². The van der Waals surface area contributed by atoms with Crippen LogP contribution in [0.2, 0.25) is 0 Å². The van der Waals surface area contributed by atoms with E-state index in [0.29, 0.717) is 18.7 Å². The Morgan fingerprint density at radius 3 is 3.00 bits per heavy atom. The number of halogens is 1. The quantitative estimate of drug-likeness (QED) is 0.707. The van der Waals surface area contributed by atoms with E-state index in [1.54, 1.807) is 13.0 Å². The molecule has 1 amide bonds. The molecule has 0 aliphatic carbocycles. The highest BCUT2D eigenvalue weighted by molar-refractivity contribution is 5.95. The summed E-state index contributed by atoms with van der Waals surface area (Å²) < 4.78 is 13.0. The van der Waals surface area contributed by atoms with Crippen molar-refractivity contribution in [2.75, 3.05) is 13.2 Å². The van der Waals surface area contributed by atoms with Crippen molar-refractivity contribution in [1.29, 1.82) is 0 Å². The van der Waals surface area contributed by atoms with E-state index >= 15 is 0 Å². The number of benzene rings is 1.